The number of aromatic amines is 1. The van der Waals surface area contributed by atoms with E-state index in [9.17, 15) is 14.4 Å². The lowest BCUT2D eigenvalue weighted by atomic mass is 10.2. The Morgan fingerprint density at radius 3 is 2.45 bits per heavy atom. The molecule has 2 aromatic heterocycles. The SMILES string of the molecule is COC(=O)Cc1[nH]c2nc(Br)nn2c(=O)c1N1CCN(C(=O)OC(C)(C)C)CC1. The van der Waals surface area contributed by atoms with Crippen LogP contribution in [0, 0.1) is 0 Å². The predicted octanol–water partition coefficient (Wildman–Crippen LogP) is 0.953. The molecular formula is C17H23BrN6O5. The third-order valence-corrected chi connectivity index (χ3v) is 4.66. The number of anilines is 1. The standard InChI is InChI=1S/C17H23BrN6O5/c1-17(2,3)29-16(27)23-7-5-22(6-8-23)12-10(9-11(25)28-4)19-15-20-14(18)21-24(15)13(12)26/h5-9H2,1-4H3,(H,19,20,21). The van der Waals surface area contributed by atoms with Crippen LogP contribution in [-0.4, -0.2) is 75.4 Å². The van der Waals surface area contributed by atoms with Crippen molar-refractivity contribution < 1.29 is 19.1 Å². The van der Waals surface area contributed by atoms with E-state index >= 15 is 0 Å². The molecule has 0 unspecified atom stereocenters. The molecule has 1 N–H and O–H groups in total. The van der Waals surface area contributed by atoms with Crippen molar-refractivity contribution in [2.75, 3.05) is 38.2 Å². The minimum atomic E-state index is -0.579. The van der Waals surface area contributed by atoms with Crippen molar-refractivity contribution in [1.82, 2.24) is 24.5 Å². The van der Waals surface area contributed by atoms with Crippen LogP contribution in [0.4, 0.5) is 10.5 Å². The van der Waals surface area contributed by atoms with Crippen molar-refractivity contribution in [3.05, 3.63) is 20.8 Å². The van der Waals surface area contributed by atoms with Gasteiger partial charge in [-0.2, -0.15) is 9.50 Å². The van der Waals surface area contributed by atoms with E-state index in [0.29, 0.717) is 37.6 Å². The lowest BCUT2D eigenvalue weighted by Crippen LogP contribution is -2.51. The number of carbonyl (C=O) groups excluding carboxylic acids is 2. The molecule has 3 heterocycles. The monoisotopic (exact) mass is 470 g/mol. The molecule has 3 rings (SSSR count). The number of aromatic nitrogens is 4. The van der Waals surface area contributed by atoms with Gasteiger partial charge in [0.05, 0.1) is 19.2 Å². The molecule has 0 spiro atoms. The molecule has 1 amide bonds. The Labute approximate surface area is 175 Å². The van der Waals surface area contributed by atoms with Gasteiger partial charge in [0.15, 0.2) is 0 Å². The topological polar surface area (TPSA) is 122 Å². The van der Waals surface area contributed by atoms with E-state index in [-0.39, 0.29) is 16.9 Å². The molecule has 1 aliphatic rings. The highest BCUT2D eigenvalue weighted by molar-refractivity contribution is 9.10. The Morgan fingerprint density at radius 2 is 1.86 bits per heavy atom. The van der Waals surface area contributed by atoms with Gasteiger partial charge in [-0.15, -0.1) is 5.10 Å². The van der Waals surface area contributed by atoms with Crippen LogP contribution in [0.3, 0.4) is 0 Å². The van der Waals surface area contributed by atoms with Crippen molar-refractivity contribution in [2.24, 2.45) is 0 Å². The number of piperazine rings is 1. The van der Waals surface area contributed by atoms with Crippen LogP contribution in [0.15, 0.2) is 9.53 Å². The van der Waals surface area contributed by atoms with Gasteiger partial charge in [-0.05, 0) is 36.7 Å². The van der Waals surface area contributed by atoms with E-state index in [0.717, 1.165) is 4.52 Å². The molecule has 158 valence electrons. The van der Waals surface area contributed by atoms with Crippen LogP contribution in [0.1, 0.15) is 26.5 Å². The van der Waals surface area contributed by atoms with Crippen LogP contribution < -0.4 is 10.5 Å². The summed E-state index contributed by atoms with van der Waals surface area (Å²) in [5, 5.41) is 4.04. The molecule has 0 atom stereocenters. The quantitative estimate of drug-likeness (QED) is 0.657. The Balaban J connectivity index is 1.88. The zero-order valence-electron chi connectivity index (χ0n) is 16.7. The van der Waals surface area contributed by atoms with Crippen LogP contribution in [0.5, 0.6) is 0 Å². The van der Waals surface area contributed by atoms with Crippen molar-refractivity contribution in [2.45, 2.75) is 32.8 Å². The summed E-state index contributed by atoms with van der Waals surface area (Å²) < 4.78 is 11.5. The van der Waals surface area contributed by atoms with Crippen molar-refractivity contribution in [3.8, 4) is 0 Å². The molecule has 0 radical (unpaired) electrons. The molecule has 11 nitrogen and oxygen atoms in total. The number of carbonyl (C=O) groups is 2. The van der Waals surface area contributed by atoms with E-state index in [1.807, 2.05) is 25.7 Å². The average molecular weight is 471 g/mol. The number of methoxy groups -OCH3 is 1. The first-order valence-electron chi connectivity index (χ1n) is 9.06. The number of rotatable bonds is 3. The van der Waals surface area contributed by atoms with Gasteiger partial charge in [-0.3, -0.25) is 9.59 Å². The Kier molecular flexibility index (Phi) is 5.82. The fourth-order valence-corrected chi connectivity index (χ4v) is 3.37. The smallest absolute Gasteiger partial charge is 0.410 e. The zero-order valence-corrected chi connectivity index (χ0v) is 18.3. The van der Waals surface area contributed by atoms with Gasteiger partial charge in [-0.1, -0.05) is 0 Å². The highest BCUT2D eigenvalue weighted by Gasteiger charge is 2.29. The molecular weight excluding hydrogens is 448 g/mol. The van der Waals surface area contributed by atoms with Gasteiger partial charge >= 0.3 is 12.1 Å². The van der Waals surface area contributed by atoms with Crippen molar-refractivity contribution in [3.63, 3.8) is 0 Å². The third kappa shape index (κ3) is 4.69. The molecule has 12 heteroatoms. The lowest BCUT2D eigenvalue weighted by molar-refractivity contribution is -0.139. The first-order chi connectivity index (χ1) is 13.6. The summed E-state index contributed by atoms with van der Waals surface area (Å²) >= 11 is 3.15. The van der Waals surface area contributed by atoms with Gasteiger partial charge in [0, 0.05) is 26.2 Å². The molecule has 0 saturated carbocycles. The third-order valence-electron chi connectivity index (χ3n) is 4.32. The molecule has 0 aromatic carbocycles. The van der Waals surface area contributed by atoms with Crippen LogP contribution in [-0.2, 0) is 20.7 Å². The summed E-state index contributed by atoms with van der Waals surface area (Å²) in [6.07, 6.45) is -0.509. The van der Waals surface area contributed by atoms with Gasteiger partial charge in [0.25, 0.3) is 5.56 Å². The number of esters is 1. The first kappa shape index (κ1) is 21.1. The minimum absolute atomic E-state index is 0.117. The van der Waals surface area contributed by atoms with Crippen LogP contribution in [0.25, 0.3) is 5.78 Å². The maximum Gasteiger partial charge on any atom is 0.410 e. The highest BCUT2D eigenvalue weighted by Crippen LogP contribution is 2.20. The molecule has 1 aliphatic heterocycles. The van der Waals surface area contributed by atoms with E-state index in [2.05, 4.69) is 31.0 Å². The lowest BCUT2D eigenvalue weighted by Gasteiger charge is -2.36. The Hall–Kier alpha value is -2.63. The van der Waals surface area contributed by atoms with Crippen molar-refractivity contribution in [1.29, 1.82) is 0 Å². The number of hydrogen-bond donors (Lipinski definition) is 1. The summed E-state index contributed by atoms with van der Waals surface area (Å²) in [6.45, 7) is 6.99. The molecule has 1 fully saturated rings. The summed E-state index contributed by atoms with van der Waals surface area (Å²) in [5.74, 6) is -0.269. The maximum absolute atomic E-state index is 13.1. The van der Waals surface area contributed by atoms with Crippen molar-refractivity contribution >= 4 is 39.5 Å². The number of H-pyrrole nitrogens is 1. The van der Waals surface area contributed by atoms with Gasteiger partial charge in [-0.25, -0.2) is 4.79 Å². The summed E-state index contributed by atoms with van der Waals surface area (Å²) in [6, 6.07) is 0. The number of nitrogens with zero attached hydrogens (tertiary/aromatic N) is 5. The molecule has 29 heavy (non-hydrogen) atoms. The summed E-state index contributed by atoms with van der Waals surface area (Å²) in [4.78, 5) is 47.7. The van der Waals surface area contributed by atoms with E-state index in [4.69, 9.17) is 9.47 Å². The van der Waals surface area contributed by atoms with E-state index in [1.54, 1.807) is 4.90 Å². The largest absolute Gasteiger partial charge is 0.469 e. The minimum Gasteiger partial charge on any atom is -0.469 e. The Bertz CT molecular complexity index is 987. The van der Waals surface area contributed by atoms with Gasteiger partial charge in [0.1, 0.15) is 11.3 Å². The second-order valence-electron chi connectivity index (χ2n) is 7.58. The molecule has 2 aromatic rings. The molecule has 0 bridgehead atoms. The van der Waals surface area contributed by atoms with Gasteiger partial charge in [0.2, 0.25) is 10.5 Å². The summed E-state index contributed by atoms with van der Waals surface area (Å²) in [5.41, 5.74) is -0.282. The zero-order chi connectivity index (χ0) is 21.3. The fourth-order valence-electron chi connectivity index (χ4n) is 3.04. The first-order valence-corrected chi connectivity index (χ1v) is 9.85. The number of nitrogens with one attached hydrogen (secondary N) is 1. The molecule has 1 saturated heterocycles. The van der Waals surface area contributed by atoms with Crippen LogP contribution in [0.2, 0.25) is 0 Å². The Morgan fingerprint density at radius 1 is 1.21 bits per heavy atom. The van der Waals surface area contributed by atoms with Crippen LogP contribution >= 0.6 is 15.9 Å². The number of hydrogen-bond acceptors (Lipinski definition) is 8. The number of amides is 1. The van der Waals surface area contributed by atoms with E-state index < -0.39 is 23.2 Å². The average Bonchev–Trinajstić information content (AvgIpc) is 3.01. The molecule has 0 aliphatic carbocycles. The number of ether oxygens (including phenoxy) is 2. The predicted molar refractivity (Wildman–Crippen MR) is 107 cm³/mol. The normalized spacial score (nSPS) is 14.9. The number of fused-ring (bicyclic) bond motifs is 1. The second-order valence-corrected chi connectivity index (χ2v) is 8.29. The highest BCUT2D eigenvalue weighted by atomic mass is 79.9. The van der Waals surface area contributed by atoms with Gasteiger partial charge < -0.3 is 24.3 Å². The fraction of sp³-hybridized carbons (Fsp3) is 0.588. The number of halogens is 1. The van der Waals surface area contributed by atoms with E-state index in [1.165, 1.54) is 7.11 Å². The summed E-state index contributed by atoms with van der Waals surface area (Å²) in [7, 11) is 1.28. The maximum atomic E-state index is 13.1. The second kappa shape index (κ2) is 8.01.